The summed E-state index contributed by atoms with van der Waals surface area (Å²) in [4.78, 5) is -3.84. The zero-order valence-electron chi connectivity index (χ0n) is 17.3. The molecule has 0 atom stereocenters. The summed E-state index contributed by atoms with van der Waals surface area (Å²) in [6.45, 7) is 0. The Morgan fingerprint density at radius 2 is 0.605 bits per heavy atom. The van der Waals surface area contributed by atoms with Crippen LogP contribution >= 0.6 is 47.0 Å². The Morgan fingerprint density at radius 3 is 0.868 bits per heavy atom. The predicted octanol–water partition coefficient (Wildman–Crippen LogP) is 9.32. The number of fused-ring (bicyclic) bond motifs is 4. The van der Waals surface area contributed by atoms with Gasteiger partial charge in [-0.2, -0.15) is 0 Å². The summed E-state index contributed by atoms with van der Waals surface area (Å²) in [7, 11) is 0. The quantitative estimate of drug-likeness (QED) is 0.0918. The van der Waals surface area contributed by atoms with Gasteiger partial charge in [0.15, 0.2) is 69.8 Å². The van der Waals surface area contributed by atoms with E-state index < -0.39 is 106 Å². The van der Waals surface area contributed by atoms with Gasteiger partial charge in [-0.3, -0.25) is 0 Å². The Kier molecular flexibility index (Phi) is 9.73. The van der Waals surface area contributed by atoms with Crippen molar-refractivity contribution in [1.82, 2.24) is 0 Å². The number of hydrogen-bond acceptors (Lipinski definition) is 4. The average Bonchev–Trinajstić information content (AvgIpc) is 3.14. The molecule has 2 bridgehead atoms. The zero-order valence-corrected chi connectivity index (χ0v) is 20.6. The van der Waals surface area contributed by atoms with Gasteiger partial charge >= 0.3 is 0 Å². The molecule has 0 amide bonds. The van der Waals surface area contributed by atoms with Crippen molar-refractivity contribution >= 4 is 47.0 Å². The second-order valence-electron chi connectivity index (χ2n) is 6.53. The van der Waals surface area contributed by atoms with Gasteiger partial charge in [0.05, 0.1) is 19.6 Å². The van der Waals surface area contributed by atoms with Crippen LogP contribution in [0.5, 0.6) is 0 Å². The molecule has 0 fully saturated rings. The number of halogens is 14. The molecule has 0 unspecified atom stereocenters. The fourth-order valence-corrected chi connectivity index (χ4v) is 6.65. The summed E-state index contributed by atoms with van der Waals surface area (Å²) in [5.41, 5.74) is 0. The van der Waals surface area contributed by atoms with Crippen molar-refractivity contribution < 1.29 is 61.5 Å². The summed E-state index contributed by atoms with van der Waals surface area (Å²) in [5.74, 6) is -27.6. The van der Waals surface area contributed by atoms with E-state index in [9.17, 15) is 61.5 Å². The van der Waals surface area contributed by atoms with E-state index in [0.717, 1.165) is 23.5 Å². The minimum atomic E-state index is -2.40. The molecule has 2 aliphatic rings. The molecular weight excluding hydrogens is 634 g/mol. The summed E-state index contributed by atoms with van der Waals surface area (Å²) in [6, 6.07) is 0. The molecule has 0 saturated heterocycles. The first kappa shape index (κ1) is 30.6. The average molecular weight is 638 g/mol. The highest BCUT2D eigenvalue weighted by Crippen LogP contribution is 2.42. The van der Waals surface area contributed by atoms with E-state index in [-0.39, 0.29) is 28.6 Å². The molecule has 18 heteroatoms. The second kappa shape index (κ2) is 12.1. The monoisotopic (exact) mass is 638 g/mol. The lowest BCUT2D eigenvalue weighted by Crippen LogP contribution is -2.04. The lowest BCUT2D eigenvalue weighted by atomic mass is 10.3. The molecule has 38 heavy (non-hydrogen) atoms. The highest BCUT2D eigenvalue weighted by atomic mass is 32.2. The maximum Gasteiger partial charge on any atom is 0.200 e. The molecule has 0 aliphatic carbocycles. The van der Waals surface area contributed by atoms with Gasteiger partial charge in [0.2, 0.25) is 11.6 Å². The van der Waals surface area contributed by atoms with Crippen molar-refractivity contribution in [2.45, 2.75) is 19.6 Å². The number of hydrogen-bond donors (Lipinski definition) is 0. The lowest BCUT2D eigenvalue weighted by molar-refractivity contribution is 0.360. The molecule has 2 aliphatic heterocycles. The van der Waals surface area contributed by atoms with Crippen LogP contribution in [0.4, 0.5) is 61.5 Å². The summed E-state index contributed by atoms with van der Waals surface area (Å²) in [5, 5.41) is -0.594. The van der Waals surface area contributed by atoms with Crippen LogP contribution in [0.25, 0.3) is 0 Å². The standard InChI is InChI=1S/C13H2F10S2.C7H2F4S2/c14-2-4(16)8(20)12(9(21)5(2)17)24-1-25-13-10(22)6(18)3(15)7(19)11(13)23;8-2-3(9)7-5(11)4(10)6(2)12-1-13-7/h1H2;1H2. The van der Waals surface area contributed by atoms with Crippen LogP contribution in [0.15, 0.2) is 19.6 Å². The minimum absolute atomic E-state index is 0.0668. The Morgan fingerprint density at radius 1 is 0.368 bits per heavy atom. The van der Waals surface area contributed by atoms with Crippen LogP contribution in [0.1, 0.15) is 0 Å². The third-order valence-corrected chi connectivity index (χ3v) is 8.81. The molecule has 0 nitrogen and oxygen atoms in total. The van der Waals surface area contributed by atoms with Gasteiger partial charge < -0.3 is 0 Å². The number of rotatable bonds is 4. The fourth-order valence-electron chi connectivity index (χ4n) is 2.56. The molecule has 0 radical (unpaired) electrons. The van der Waals surface area contributed by atoms with Crippen LogP contribution in [-0.2, 0) is 0 Å². The summed E-state index contributed by atoms with van der Waals surface area (Å²) < 4.78 is 183. The van der Waals surface area contributed by atoms with Gasteiger partial charge in [-0.25, -0.2) is 61.5 Å². The third kappa shape index (κ3) is 5.54. The predicted molar refractivity (Wildman–Crippen MR) is 112 cm³/mol. The van der Waals surface area contributed by atoms with Gasteiger partial charge in [0.25, 0.3) is 0 Å². The first-order valence-electron chi connectivity index (χ1n) is 9.12. The van der Waals surface area contributed by atoms with Crippen LogP contribution in [-0.4, -0.2) is 10.2 Å². The Bertz CT molecular complexity index is 1240. The Hall–Kier alpha value is -1.92. The molecule has 0 spiro atoms. The van der Waals surface area contributed by atoms with Crippen molar-refractivity contribution in [3.63, 3.8) is 0 Å². The highest BCUT2D eigenvalue weighted by molar-refractivity contribution is 8.16. The fraction of sp³-hybridized carbons (Fsp3) is 0.100. The maximum absolute atomic E-state index is 13.4. The van der Waals surface area contributed by atoms with Crippen LogP contribution in [0.2, 0.25) is 0 Å². The van der Waals surface area contributed by atoms with Crippen molar-refractivity contribution in [2.75, 3.05) is 10.2 Å². The molecule has 206 valence electrons. The van der Waals surface area contributed by atoms with Gasteiger partial charge in [0, 0.05) is 10.2 Å². The van der Waals surface area contributed by atoms with Gasteiger partial charge in [-0.05, 0) is 0 Å². The molecule has 3 aromatic carbocycles. The molecule has 0 saturated carbocycles. The molecule has 0 aromatic heterocycles. The maximum atomic E-state index is 13.4. The minimum Gasteiger partial charge on any atom is -0.202 e. The van der Waals surface area contributed by atoms with Crippen molar-refractivity contribution in [1.29, 1.82) is 0 Å². The van der Waals surface area contributed by atoms with E-state index in [4.69, 9.17) is 0 Å². The topological polar surface area (TPSA) is 0 Å². The first-order valence-corrected chi connectivity index (χ1v) is 13.1. The van der Waals surface area contributed by atoms with Crippen molar-refractivity contribution in [3.8, 4) is 0 Å². The third-order valence-electron chi connectivity index (χ3n) is 4.33. The van der Waals surface area contributed by atoms with Gasteiger partial charge in [-0.1, -0.05) is 0 Å². The van der Waals surface area contributed by atoms with Gasteiger partial charge in [-0.15, -0.1) is 47.0 Å². The largest absolute Gasteiger partial charge is 0.202 e. The molecule has 3 aromatic rings. The van der Waals surface area contributed by atoms with E-state index in [0.29, 0.717) is 0 Å². The Labute approximate surface area is 219 Å². The molecule has 5 rings (SSSR count). The second-order valence-corrected chi connectivity index (χ2v) is 11.2. The Balaban J connectivity index is 0.000000256. The molecular formula is C20H4F14S4. The zero-order chi connectivity index (χ0) is 28.6. The van der Waals surface area contributed by atoms with E-state index in [2.05, 4.69) is 0 Å². The first-order chi connectivity index (χ1) is 17.7. The van der Waals surface area contributed by atoms with E-state index >= 15 is 0 Å². The molecule has 0 N–H and O–H groups in total. The highest BCUT2D eigenvalue weighted by Gasteiger charge is 2.30. The summed E-state index contributed by atoms with van der Waals surface area (Å²) >= 11 is 1.39. The molecule has 2 heterocycles. The number of thioether (sulfide) groups is 4. The summed E-state index contributed by atoms with van der Waals surface area (Å²) in [6.07, 6.45) is 0. The van der Waals surface area contributed by atoms with Gasteiger partial charge in [0.1, 0.15) is 0 Å². The van der Waals surface area contributed by atoms with Crippen molar-refractivity contribution in [2.24, 2.45) is 0 Å². The van der Waals surface area contributed by atoms with Crippen LogP contribution < -0.4 is 0 Å². The smallest absolute Gasteiger partial charge is 0.200 e. The normalized spacial score (nSPS) is 12.5. The van der Waals surface area contributed by atoms with E-state index in [1.807, 2.05) is 0 Å². The number of benzene rings is 3. The van der Waals surface area contributed by atoms with E-state index in [1.54, 1.807) is 0 Å². The SMILES string of the molecule is Fc1c(F)c(F)c(SCSc2c(F)c(F)c(F)c(F)c2F)c(F)c1F.Fc1c(F)c2c(F)c(F)c1SCS2. The van der Waals surface area contributed by atoms with E-state index in [1.165, 1.54) is 0 Å². The lowest BCUT2D eigenvalue weighted by Gasteiger charge is -2.09. The van der Waals surface area contributed by atoms with Crippen LogP contribution in [0.3, 0.4) is 0 Å². The van der Waals surface area contributed by atoms with Crippen LogP contribution in [0, 0.1) is 81.4 Å². The van der Waals surface area contributed by atoms with Crippen molar-refractivity contribution in [3.05, 3.63) is 81.4 Å².